The second-order valence-electron chi connectivity index (χ2n) is 5.42. The van der Waals surface area contributed by atoms with E-state index < -0.39 is 0 Å². The van der Waals surface area contributed by atoms with Gasteiger partial charge in [0.2, 0.25) is 11.8 Å². The van der Waals surface area contributed by atoms with E-state index in [0.29, 0.717) is 24.9 Å². The van der Waals surface area contributed by atoms with Crippen LogP contribution in [0.2, 0.25) is 0 Å². The molecule has 2 atom stereocenters. The molecular formula is C13H24N2O2. The van der Waals surface area contributed by atoms with E-state index in [2.05, 4.69) is 26.1 Å². The molecule has 0 aromatic heterocycles. The molecule has 4 nitrogen and oxygen atoms in total. The van der Waals surface area contributed by atoms with E-state index in [1.54, 1.807) is 0 Å². The first kappa shape index (κ1) is 14.2. The number of rotatable bonds is 5. The minimum atomic E-state index is -0.182. The quantitative estimate of drug-likeness (QED) is 0.739. The van der Waals surface area contributed by atoms with Gasteiger partial charge in [-0.3, -0.25) is 19.8 Å². The van der Waals surface area contributed by atoms with Crippen LogP contribution in [0.25, 0.3) is 0 Å². The molecule has 1 rings (SSSR count). The zero-order valence-corrected chi connectivity index (χ0v) is 11.3. The number of carbonyl (C=O) groups is 2. The van der Waals surface area contributed by atoms with Crippen molar-refractivity contribution in [1.29, 1.82) is 0 Å². The Bertz CT molecular complexity index is 289. The zero-order chi connectivity index (χ0) is 13.0. The Morgan fingerprint density at radius 2 is 2.00 bits per heavy atom. The van der Waals surface area contributed by atoms with E-state index in [0.717, 1.165) is 12.8 Å². The second-order valence-corrected chi connectivity index (χ2v) is 5.42. The minimum Gasteiger partial charge on any atom is -0.297 e. The van der Waals surface area contributed by atoms with Crippen LogP contribution < -0.4 is 5.32 Å². The fraction of sp³-hybridized carbons (Fsp3) is 0.846. The molecule has 1 N–H and O–H groups in total. The molecule has 2 amide bonds. The van der Waals surface area contributed by atoms with Crippen LogP contribution in [-0.2, 0) is 9.59 Å². The summed E-state index contributed by atoms with van der Waals surface area (Å²) in [6.07, 6.45) is 1.78. The Morgan fingerprint density at radius 3 is 2.53 bits per heavy atom. The smallest absolute Gasteiger partial charge is 0.246 e. The van der Waals surface area contributed by atoms with Gasteiger partial charge < -0.3 is 0 Å². The SMILES string of the molecule is CCC1NCC(=O)N(CC(C)CC(C)C)C1=O. The molecule has 98 valence electrons. The Labute approximate surface area is 104 Å². The molecule has 1 heterocycles. The molecule has 0 spiro atoms. The van der Waals surface area contributed by atoms with Gasteiger partial charge in [-0.1, -0.05) is 27.7 Å². The summed E-state index contributed by atoms with van der Waals surface area (Å²) in [6.45, 7) is 9.23. The molecule has 0 aromatic carbocycles. The standard InChI is InChI=1S/C13H24N2O2/c1-5-11-13(17)15(12(16)7-14-11)8-10(4)6-9(2)3/h9-11,14H,5-8H2,1-4H3. The molecular weight excluding hydrogens is 216 g/mol. The number of hydrogen-bond acceptors (Lipinski definition) is 3. The van der Waals surface area contributed by atoms with E-state index >= 15 is 0 Å². The lowest BCUT2D eigenvalue weighted by Crippen LogP contribution is -2.58. The summed E-state index contributed by atoms with van der Waals surface area (Å²) >= 11 is 0. The number of piperazine rings is 1. The molecule has 4 heteroatoms. The lowest BCUT2D eigenvalue weighted by Gasteiger charge is -2.33. The van der Waals surface area contributed by atoms with Gasteiger partial charge in [0.25, 0.3) is 0 Å². The van der Waals surface area contributed by atoms with Crippen molar-refractivity contribution in [3.05, 3.63) is 0 Å². The van der Waals surface area contributed by atoms with Crippen LogP contribution in [0.15, 0.2) is 0 Å². The van der Waals surface area contributed by atoms with Gasteiger partial charge in [0.1, 0.15) is 0 Å². The van der Waals surface area contributed by atoms with Gasteiger partial charge in [-0.25, -0.2) is 0 Å². The van der Waals surface area contributed by atoms with Crippen LogP contribution in [-0.4, -0.2) is 35.8 Å². The summed E-state index contributed by atoms with van der Waals surface area (Å²) in [6, 6.07) is -0.182. The first-order valence-corrected chi connectivity index (χ1v) is 6.53. The van der Waals surface area contributed by atoms with Gasteiger partial charge in [-0.15, -0.1) is 0 Å². The fourth-order valence-corrected chi connectivity index (χ4v) is 2.41. The largest absolute Gasteiger partial charge is 0.297 e. The maximum Gasteiger partial charge on any atom is 0.246 e. The highest BCUT2D eigenvalue weighted by molar-refractivity contribution is 6.01. The van der Waals surface area contributed by atoms with Crippen LogP contribution in [0.3, 0.4) is 0 Å². The number of nitrogens with one attached hydrogen (secondary N) is 1. The zero-order valence-electron chi connectivity index (χ0n) is 11.3. The van der Waals surface area contributed by atoms with Crippen molar-refractivity contribution < 1.29 is 9.59 Å². The molecule has 0 saturated carbocycles. The van der Waals surface area contributed by atoms with Crippen LogP contribution in [0.1, 0.15) is 40.5 Å². The Hall–Kier alpha value is -0.900. The third-order valence-corrected chi connectivity index (χ3v) is 3.14. The maximum absolute atomic E-state index is 12.0. The number of amides is 2. The Balaban J connectivity index is 2.60. The van der Waals surface area contributed by atoms with Gasteiger partial charge in [-0.2, -0.15) is 0 Å². The summed E-state index contributed by atoms with van der Waals surface area (Å²) in [7, 11) is 0. The third kappa shape index (κ3) is 3.80. The Morgan fingerprint density at radius 1 is 1.35 bits per heavy atom. The Kier molecular flexibility index (Phi) is 5.12. The van der Waals surface area contributed by atoms with Gasteiger partial charge in [0.05, 0.1) is 12.6 Å². The van der Waals surface area contributed by atoms with E-state index in [9.17, 15) is 9.59 Å². The van der Waals surface area contributed by atoms with E-state index in [4.69, 9.17) is 0 Å². The summed E-state index contributed by atoms with van der Waals surface area (Å²) in [5, 5.41) is 2.97. The summed E-state index contributed by atoms with van der Waals surface area (Å²) in [4.78, 5) is 25.2. The van der Waals surface area contributed by atoms with Crippen molar-refractivity contribution in [2.24, 2.45) is 11.8 Å². The third-order valence-electron chi connectivity index (χ3n) is 3.14. The predicted octanol–water partition coefficient (Wildman–Crippen LogP) is 1.41. The highest BCUT2D eigenvalue weighted by Crippen LogP contribution is 2.15. The van der Waals surface area contributed by atoms with Gasteiger partial charge in [0.15, 0.2) is 0 Å². The second kappa shape index (κ2) is 6.15. The monoisotopic (exact) mass is 240 g/mol. The first-order valence-electron chi connectivity index (χ1n) is 6.53. The minimum absolute atomic E-state index is 0.0562. The van der Waals surface area contributed by atoms with Crippen molar-refractivity contribution in [1.82, 2.24) is 10.2 Å². The van der Waals surface area contributed by atoms with Gasteiger partial charge >= 0.3 is 0 Å². The van der Waals surface area contributed by atoms with Gasteiger partial charge in [-0.05, 0) is 24.7 Å². The number of hydrogen-bond donors (Lipinski definition) is 1. The van der Waals surface area contributed by atoms with Crippen LogP contribution in [0.4, 0.5) is 0 Å². The number of nitrogens with zero attached hydrogens (tertiary/aromatic N) is 1. The van der Waals surface area contributed by atoms with Crippen LogP contribution >= 0.6 is 0 Å². The number of carbonyl (C=O) groups excluding carboxylic acids is 2. The van der Waals surface area contributed by atoms with Crippen molar-refractivity contribution in [3.8, 4) is 0 Å². The molecule has 2 unspecified atom stereocenters. The summed E-state index contributed by atoms with van der Waals surface area (Å²) in [5.74, 6) is 0.827. The highest BCUT2D eigenvalue weighted by Gasteiger charge is 2.33. The van der Waals surface area contributed by atoms with E-state index in [1.165, 1.54) is 4.90 Å². The van der Waals surface area contributed by atoms with Crippen molar-refractivity contribution >= 4 is 11.8 Å². The van der Waals surface area contributed by atoms with Crippen molar-refractivity contribution in [3.63, 3.8) is 0 Å². The topological polar surface area (TPSA) is 49.4 Å². The molecule has 0 aliphatic carbocycles. The van der Waals surface area contributed by atoms with E-state index in [-0.39, 0.29) is 17.9 Å². The summed E-state index contributed by atoms with van der Waals surface area (Å²) in [5.41, 5.74) is 0. The molecule has 1 fully saturated rings. The first-order chi connectivity index (χ1) is 7.95. The van der Waals surface area contributed by atoms with Crippen molar-refractivity contribution in [2.45, 2.75) is 46.6 Å². The molecule has 17 heavy (non-hydrogen) atoms. The average molecular weight is 240 g/mol. The molecule has 0 radical (unpaired) electrons. The highest BCUT2D eigenvalue weighted by atomic mass is 16.2. The fourth-order valence-electron chi connectivity index (χ4n) is 2.41. The van der Waals surface area contributed by atoms with Crippen LogP contribution in [0, 0.1) is 11.8 Å². The summed E-state index contributed by atoms with van der Waals surface area (Å²) < 4.78 is 0. The lowest BCUT2D eigenvalue weighted by atomic mass is 9.97. The molecule has 0 aromatic rings. The van der Waals surface area contributed by atoms with Gasteiger partial charge in [0, 0.05) is 6.54 Å². The van der Waals surface area contributed by atoms with Crippen molar-refractivity contribution in [2.75, 3.05) is 13.1 Å². The average Bonchev–Trinajstić information content (AvgIpc) is 2.23. The maximum atomic E-state index is 12.0. The number of imide groups is 1. The molecule has 1 aliphatic heterocycles. The normalized spacial score (nSPS) is 23.4. The lowest BCUT2D eigenvalue weighted by molar-refractivity contribution is -0.150. The van der Waals surface area contributed by atoms with E-state index in [1.807, 2.05) is 6.92 Å². The predicted molar refractivity (Wildman–Crippen MR) is 67.4 cm³/mol. The molecule has 1 saturated heterocycles. The molecule has 1 aliphatic rings. The van der Waals surface area contributed by atoms with Crippen LogP contribution in [0.5, 0.6) is 0 Å². The molecule has 0 bridgehead atoms.